The number of carbonyl (C=O) groups is 8. The van der Waals surface area contributed by atoms with Gasteiger partial charge in [-0.1, -0.05) is 50.5 Å². The Hall–Kier alpha value is -7.65. The van der Waals surface area contributed by atoms with Crippen LogP contribution >= 0.6 is 15.9 Å². The summed E-state index contributed by atoms with van der Waals surface area (Å²) in [5.41, 5.74) is 5.10. The molecule has 3 aromatic rings. The Balaban J connectivity index is 0.821. The highest BCUT2D eigenvalue weighted by molar-refractivity contribution is 9.12. The lowest BCUT2D eigenvalue weighted by molar-refractivity contribution is -0.137. The third kappa shape index (κ3) is 13.9. The largest absolute Gasteiger partial charge is 0.493 e. The van der Waals surface area contributed by atoms with Gasteiger partial charge in [0.15, 0.2) is 23.5 Å². The SMILES string of the molecule is COc1cc2c(cc1OCCCCCOc1cc3c(cc1C)C(=O)N1C=C(C)C[C@H]1C=N3)N(C(=O)OCc1ccc(NC(=O)[C@@H](C)CC(=O)[C@H](NC(=O)CCCCCN3C(=O)C=C(Br)C3=O)C(C)C)cc1)[C@H](O)[C@H]1CC(C)=CN1C2=O. The number of nitrogens with zero attached hydrogens (tertiary/aromatic N) is 5. The number of hydrogen-bond donors (Lipinski definition) is 3. The number of aliphatic imine (C=N–C) groups is 1. The second-order valence-electron chi connectivity index (χ2n) is 21.6. The number of imide groups is 1. The predicted molar refractivity (Wildman–Crippen MR) is 305 cm³/mol. The summed E-state index contributed by atoms with van der Waals surface area (Å²) in [6, 6.07) is 11.5. The number of fused-ring (bicyclic) bond motifs is 4. The lowest BCUT2D eigenvalue weighted by Crippen LogP contribution is -2.50. The molecule has 20 nitrogen and oxygen atoms in total. The number of anilines is 2. The van der Waals surface area contributed by atoms with Crippen LogP contribution < -0.4 is 29.7 Å². The van der Waals surface area contributed by atoms with Crippen molar-refractivity contribution in [1.82, 2.24) is 20.0 Å². The Morgan fingerprint density at radius 3 is 2.16 bits per heavy atom. The van der Waals surface area contributed by atoms with Gasteiger partial charge in [-0.25, -0.2) is 9.69 Å². The van der Waals surface area contributed by atoms with E-state index in [0.717, 1.165) is 39.4 Å². The van der Waals surface area contributed by atoms with Crippen LogP contribution in [0.15, 0.2) is 87.6 Å². The van der Waals surface area contributed by atoms with Gasteiger partial charge < -0.3 is 44.5 Å². The topological polar surface area (TPSA) is 243 Å². The molecule has 7 amide bonds. The van der Waals surface area contributed by atoms with Gasteiger partial charge >= 0.3 is 6.09 Å². The van der Waals surface area contributed by atoms with Gasteiger partial charge in [-0.15, -0.1) is 0 Å². The van der Waals surface area contributed by atoms with Crippen LogP contribution in [0.3, 0.4) is 0 Å². The molecule has 0 unspecified atom stereocenters. The number of aliphatic hydroxyl groups is 1. The molecule has 3 aromatic carbocycles. The van der Waals surface area contributed by atoms with Crippen molar-refractivity contribution in [2.75, 3.05) is 37.1 Å². The first-order chi connectivity index (χ1) is 38.7. The Bertz CT molecular complexity index is 3100. The molecule has 0 spiro atoms. The van der Waals surface area contributed by atoms with E-state index in [1.807, 2.05) is 59.2 Å². The Labute approximate surface area is 479 Å². The fourth-order valence-electron chi connectivity index (χ4n) is 10.4. The molecule has 21 heteroatoms. The number of Topliss-reactive ketones (excluding diaryl/α,β-unsaturated/α-hetero) is 1. The number of ketones is 1. The molecule has 430 valence electrons. The summed E-state index contributed by atoms with van der Waals surface area (Å²) in [6.45, 7) is 11.7. The number of amides is 7. The highest BCUT2D eigenvalue weighted by atomic mass is 79.9. The second kappa shape index (κ2) is 26.3. The molecule has 5 aliphatic heterocycles. The van der Waals surface area contributed by atoms with E-state index in [2.05, 4.69) is 31.6 Å². The third-order valence-corrected chi connectivity index (χ3v) is 15.4. The average molecular weight is 1180 g/mol. The van der Waals surface area contributed by atoms with Crippen LogP contribution in [0, 0.1) is 18.8 Å². The standard InChI is InChI=1S/C60H70BrN7O13/c1-34(2)54(64-52(70)14-10-8-11-19-65-53(71)27-44(61)58(65)75)48(69)25-38(6)55(72)63-40-17-15-39(16-18-40)33-81-60(77)68-46-29-51(50(78-7)26-43(46)57(74)67-32-36(4)23-47(67)59(68)76)80-21-13-9-12-20-79-49-28-45-42(24-37(49)5)56(73)66-31-35(3)22-41(66)30-62-45/h15-18,24,26-32,34,38,41,47,54,59,76H,8-14,19-23,25,33H2,1-7H3,(H,63,72)(H,64,70)/t38-,41-,47+,54+,59+/m0/s1. The maximum absolute atomic E-state index is 14.2. The molecule has 0 bridgehead atoms. The molecular formula is C60H70BrN7O13. The highest BCUT2D eigenvalue weighted by Gasteiger charge is 2.45. The van der Waals surface area contributed by atoms with Gasteiger partial charge in [0, 0.05) is 67.8 Å². The lowest BCUT2D eigenvalue weighted by Gasteiger charge is -2.31. The summed E-state index contributed by atoms with van der Waals surface area (Å²) in [5.74, 6) is -2.08. The van der Waals surface area contributed by atoms with Crippen LogP contribution in [0.25, 0.3) is 0 Å². The third-order valence-electron chi connectivity index (χ3n) is 14.9. The van der Waals surface area contributed by atoms with E-state index in [1.165, 1.54) is 30.2 Å². The monoisotopic (exact) mass is 1180 g/mol. The van der Waals surface area contributed by atoms with Crippen LogP contribution in [0.1, 0.15) is 131 Å². The number of aliphatic hydroxyl groups excluding tert-OH is 1. The van der Waals surface area contributed by atoms with Crippen LogP contribution in [-0.4, -0.2) is 125 Å². The first-order valence-corrected chi connectivity index (χ1v) is 28.3. The zero-order valence-corrected chi connectivity index (χ0v) is 48.3. The van der Waals surface area contributed by atoms with Crippen LogP contribution in [-0.2, 0) is 35.3 Å². The van der Waals surface area contributed by atoms with Gasteiger partial charge in [0.05, 0.1) is 65.4 Å². The van der Waals surface area contributed by atoms with Crippen molar-refractivity contribution in [3.05, 3.63) is 105 Å². The van der Waals surface area contributed by atoms with Crippen molar-refractivity contribution in [2.45, 2.75) is 137 Å². The fraction of sp³-hybridized carbons (Fsp3) is 0.450. The number of unbranched alkanes of at least 4 members (excludes halogenated alkanes) is 4. The van der Waals surface area contributed by atoms with Crippen LogP contribution in [0.4, 0.5) is 21.9 Å². The summed E-state index contributed by atoms with van der Waals surface area (Å²) < 4.78 is 24.1. The molecule has 5 aliphatic rings. The summed E-state index contributed by atoms with van der Waals surface area (Å²) in [7, 11) is 1.45. The summed E-state index contributed by atoms with van der Waals surface area (Å²) in [4.78, 5) is 115. The van der Waals surface area contributed by atoms with Crippen molar-refractivity contribution in [1.29, 1.82) is 0 Å². The molecule has 0 aromatic heterocycles. The van der Waals surface area contributed by atoms with Crippen LogP contribution in [0.2, 0.25) is 0 Å². The van der Waals surface area contributed by atoms with E-state index in [4.69, 9.17) is 18.9 Å². The van der Waals surface area contributed by atoms with Crippen molar-refractivity contribution < 1.29 is 62.4 Å². The van der Waals surface area contributed by atoms with Gasteiger partial charge in [0.2, 0.25) is 11.8 Å². The first kappa shape index (κ1) is 59.5. The molecule has 0 radical (unpaired) electrons. The molecule has 0 aliphatic carbocycles. The molecule has 81 heavy (non-hydrogen) atoms. The molecule has 0 saturated heterocycles. The van der Waals surface area contributed by atoms with Gasteiger partial charge in [0.1, 0.15) is 12.4 Å². The van der Waals surface area contributed by atoms with Crippen molar-refractivity contribution in [3.8, 4) is 17.2 Å². The van der Waals surface area contributed by atoms with E-state index < -0.39 is 42.1 Å². The number of methoxy groups -OCH3 is 1. The molecule has 5 heterocycles. The first-order valence-electron chi connectivity index (χ1n) is 27.5. The number of halogens is 1. The highest BCUT2D eigenvalue weighted by Crippen LogP contribution is 2.42. The zero-order chi connectivity index (χ0) is 58.2. The normalized spacial score (nSPS) is 18.9. The van der Waals surface area contributed by atoms with Crippen LogP contribution in [0.5, 0.6) is 17.2 Å². The molecule has 0 saturated carbocycles. The maximum atomic E-state index is 14.2. The van der Waals surface area contributed by atoms with Crippen molar-refractivity contribution in [3.63, 3.8) is 0 Å². The predicted octanol–water partition coefficient (Wildman–Crippen LogP) is 8.94. The minimum absolute atomic E-state index is 0.0781. The van der Waals surface area contributed by atoms with Gasteiger partial charge in [-0.3, -0.25) is 43.5 Å². The summed E-state index contributed by atoms with van der Waals surface area (Å²) >= 11 is 3.07. The number of rotatable bonds is 24. The van der Waals surface area contributed by atoms with Gasteiger partial charge in [-0.05, 0) is 123 Å². The number of benzene rings is 3. The smallest absolute Gasteiger partial charge is 0.416 e. The maximum Gasteiger partial charge on any atom is 0.416 e. The Morgan fingerprint density at radius 1 is 0.790 bits per heavy atom. The zero-order valence-electron chi connectivity index (χ0n) is 46.8. The number of hydrogen-bond acceptors (Lipinski definition) is 14. The second-order valence-corrected chi connectivity index (χ2v) is 22.4. The molecule has 0 fully saturated rings. The van der Waals surface area contributed by atoms with Gasteiger partial charge in [-0.2, -0.15) is 0 Å². The average Bonchev–Trinajstić information content (AvgIpc) is 3.84. The van der Waals surface area contributed by atoms with E-state index in [9.17, 15) is 43.5 Å². The number of ether oxygens (including phenoxy) is 4. The van der Waals surface area contributed by atoms with E-state index in [0.29, 0.717) is 73.4 Å². The summed E-state index contributed by atoms with van der Waals surface area (Å²) in [6.07, 6.45) is 9.00. The Kier molecular flexibility index (Phi) is 19.3. The van der Waals surface area contributed by atoms with Crippen molar-refractivity contribution >= 4 is 86.5 Å². The van der Waals surface area contributed by atoms with Gasteiger partial charge in [0.25, 0.3) is 23.6 Å². The number of aryl methyl sites for hydroxylation is 1. The quantitative estimate of drug-likeness (QED) is 0.0561. The minimum atomic E-state index is -1.50. The van der Waals surface area contributed by atoms with E-state index >= 15 is 0 Å². The molecule has 3 N–H and O–H groups in total. The fourth-order valence-corrected chi connectivity index (χ4v) is 10.8. The molecule has 8 rings (SSSR count). The minimum Gasteiger partial charge on any atom is -0.493 e. The number of carbonyl (C=O) groups excluding carboxylic acids is 8. The van der Waals surface area contributed by atoms with E-state index in [-0.39, 0.29) is 101 Å². The Morgan fingerprint density at radius 2 is 1.47 bits per heavy atom. The lowest BCUT2D eigenvalue weighted by atomic mass is 9.92. The number of nitrogens with one attached hydrogen (secondary N) is 2. The molecular weight excluding hydrogens is 1110 g/mol. The molecule has 5 atom stereocenters. The summed E-state index contributed by atoms with van der Waals surface area (Å²) in [5, 5.41) is 17.6. The van der Waals surface area contributed by atoms with Crippen molar-refractivity contribution in [2.24, 2.45) is 16.8 Å². The van der Waals surface area contributed by atoms with E-state index in [1.54, 1.807) is 42.3 Å².